The van der Waals surface area contributed by atoms with Gasteiger partial charge in [-0.25, -0.2) is 0 Å². The zero-order valence-corrected chi connectivity index (χ0v) is 18.7. The van der Waals surface area contributed by atoms with Crippen molar-refractivity contribution in [3.05, 3.63) is 70.2 Å². The highest BCUT2D eigenvalue weighted by molar-refractivity contribution is 9.10. The molecule has 2 aliphatic heterocycles. The van der Waals surface area contributed by atoms with Gasteiger partial charge in [0.05, 0.1) is 0 Å². The van der Waals surface area contributed by atoms with Gasteiger partial charge < -0.3 is 4.90 Å². The molecule has 4 rings (SSSR count). The van der Waals surface area contributed by atoms with Gasteiger partial charge in [0.2, 0.25) is 5.91 Å². The van der Waals surface area contributed by atoms with Crippen LogP contribution in [0.1, 0.15) is 36.8 Å². The maximum atomic E-state index is 13.0. The molecule has 0 N–H and O–H groups in total. The van der Waals surface area contributed by atoms with E-state index in [9.17, 15) is 4.79 Å². The second kappa shape index (κ2) is 9.90. The highest BCUT2D eigenvalue weighted by atomic mass is 79.9. The van der Waals surface area contributed by atoms with Crippen LogP contribution >= 0.6 is 15.9 Å². The fraction of sp³-hybridized carbons (Fsp3) is 0.480. The predicted molar refractivity (Wildman–Crippen MR) is 122 cm³/mol. The van der Waals surface area contributed by atoms with E-state index in [-0.39, 0.29) is 5.92 Å². The Kier molecular flexibility index (Phi) is 7.04. The minimum Gasteiger partial charge on any atom is -0.342 e. The minimum absolute atomic E-state index is 0.224. The Hall–Kier alpha value is -1.65. The number of benzene rings is 2. The van der Waals surface area contributed by atoms with Gasteiger partial charge in [0, 0.05) is 30.0 Å². The van der Waals surface area contributed by atoms with Crippen LogP contribution in [0.4, 0.5) is 0 Å². The highest BCUT2D eigenvalue weighted by Crippen LogP contribution is 2.26. The number of carbonyl (C=O) groups excluding carboxylic acids is 1. The molecule has 2 saturated heterocycles. The zero-order valence-electron chi connectivity index (χ0n) is 17.1. The van der Waals surface area contributed by atoms with E-state index >= 15 is 0 Å². The lowest BCUT2D eigenvalue weighted by Gasteiger charge is -2.37. The summed E-state index contributed by atoms with van der Waals surface area (Å²) in [5.74, 6) is 1.35. The molecule has 0 aromatic heterocycles. The quantitative estimate of drug-likeness (QED) is 0.623. The summed E-state index contributed by atoms with van der Waals surface area (Å²) < 4.78 is 1.12. The Balaban J connectivity index is 1.20. The summed E-state index contributed by atoms with van der Waals surface area (Å²) in [6.45, 7) is 4.91. The molecule has 154 valence electrons. The average molecular weight is 455 g/mol. The van der Waals surface area contributed by atoms with E-state index in [2.05, 4.69) is 80.3 Å². The molecule has 2 aromatic rings. The van der Waals surface area contributed by atoms with E-state index in [1.807, 2.05) is 0 Å². The molecule has 0 aliphatic carbocycles. The van der Waals surface area contributed by atoms with Crippen molar-refractivity contribution in [3.8, 4) is 0 Å². The number of likely N-dealkylation sites (tertiary alicyclic amines) is 2. The Morgan fingerprint density at radius 2 is 1.48 bits per heavy atom. The molecule has 3 nitrogen and oxygen atoms in total. The van der Waals surface area contributed by atoms with Crippen LogP contribution in [0.5, 0.6) is 0 Å². The molecular weight excluding hydrogens is 424 g/mol. The third-order valence-electron chi connectivity index (χ3n) is 6.55. The lowest BCUT2D eigenvalue weighted by atomic mass is 9.88. The zero-order chi connectivity index (χ0) is 20.1. The van der Waals surface area contributed by atoms with Gasteiger partial charge >= 0.3 is 0 Å². The topological polar surface area (TPSA) is 23.6 Å². The summed E-state index contributed by atoms with van der Waals surface area (Å²) in [5.41, 5.74) is 2.77. The molecule has 0 bridgehead atoms. The molecule has 2 aromatic carbocycles. The number of rotatable bonds is 5. The molecule has 2 heterocycles. The smallest absolute Gasteiger partial charge is 0.225 e. The molecule has 29 heavy (non-hydrogen) atoms. The van der Waals surface area contributed by atoms with Crippen molar-refractivity contribution in [1.82, 2.24) is 9.80 Å². The molecule has 1 amide bonds. The van der Waals surface area contributed by atoms with E-state index in [1.54, 1.807) is 0 Å². The van der Waals surface area contributed by atoms with Crippen molar-refractivity contribution in [2.45, 2.75) is 38.6 Å². The maximum absolute atomic E-state index is 13.0. The van der Waals surface area contributed by atoms with Crippen molar-refractivity contribution in [2.24, 2.45) is 11.8 Å². The maximum Gasteiger partial charge on any atom is 0.225 e. The molecule has 0 radical (unpaired) electrons. The molecule has 0 unspecified atom stereocenters. The SMILES string of the molecule is O=C(C1CCN(Cc2ccc(Br)cc2)CC1)N1CCC(Cc2ccccc2)CC1. The fourth-order valence-electron chi connectivity index (χ4n) is 4.75. The number of hydrogen-bond acceptors (Lipinski definition) is 2. The monoisotopic (exact) mass is 454 g/mol. The van der Waals surface area contributed by atoms with E-state index in [1.165, 1.54) is 11.1 Å². The standard InChI is InChI=1S/C25H31BrN2O/c26-24-8-6-22(7-9-24)19-27-14-12-23(13-15-27)25(29)28-16-10-21(11-17-28)18-20-4-2-1-3-5-20/h1-9,21,23H,10-19H2. The van der Waals surface area contributed by atoms with E-state index in [4.69, 9.17) is 0 Å². The number of nitrogens with zero attached hydrogens (tertiary/aromatic N) is 2. The minimum atomic E-state index is 0.224. The van der Waals surface area contributed by atoms with E-state index in [0.29, 0.717) is 11.8 Å². The number of amides is 1. The van der Waals surface area contributed by atoms with Gasteiger partial charge in [-0.3, -0.25) is 9.69 Å². The summed E-state index contributed by atoms with van der Waals surface area (Å²) in [4.78, 5) is 17.7. The molecule has 4 heteroatoms. The van der Waals surface area contributed by atoms with Crippen molar-refractivity contribution >= 4 is 21.8 Å². The molecule has 0 spiro atoms. The largest absolute Gasteiger partial charge is 0.342 e. The van der Waals surface area contributed by atoms with Crippen LogP contribution in [0.2, 0.25) is 0 Å². The van der Waals surface area contributed by atoms with Gasteiger partial charge in [0.15, 0.2) is 0 Å². The Bertz CT molecular complexity index is 776. The third-order valence-corrected chi connectivity index (χ3v) is 7.08. The van der Waals surface area contributed by atoms with Crippen molar-refractivity contribution < 1.29 is 4.79 Å². The van der Waals surface area contributed by atoms with Gasteiger partial charge in [0.25, 0.3) is 0 Å². The first kappa shape index (κ1) is 20.6. The van der Waals surface area contributed by atoms with Crippen molar-refractivity contribution in [3.63, 3.8) is 0 Å². The van der Waals surface area contributed by atoms with Crippen LogP contribution in [-0.4, -0.2) is 41.9 Å². The van der Waals surface area contributed by atoms with Crippen LogP contribution in [0, 0.1) is 11.8 Å². The predicted octanol–water partition coefficient (Wildman–Crippen LogP) is 5.14. The summed E-state index contributed by atoms with van der Waals surface area (Å²) in [5, 5.41) is 0. The van der Waals surface area contributed by atoms with Crippen LogP contribution in [0.25, 0.3) is 0 Å². The number of halogens is 1. The van der Waals surface area contributed by atoms with Gasteiger partial charge in [-0.1, -0.05) is 58.4 Å². The second-order valence-corrected chi connectivity index (χ2v) is 9.55. The van der Waals surface area contributed by atoms with E-state index < -0.39 is 0 Å². The van der Waals surface area contributed by atoms with E-state index in [0.717, 1.165) is 69.3 Å². The first-order valence-electron chi connectivity index (χ1n) is 11.0. The van der Waals surface area contributed by atoms with Crippen LogP contribution in [0.15, 0.2) is 59.1 Å². The number of hydrogen-bond donors (Lipinski definition) is 0. The van der Waals surface area contributed by atoms with Crippen LogP contribution < -0.4 is 0 Å². The average Bonchev–Trinajstić information content (AvgIpc) is 2.77. The molecule has 0 atom stereocenters. The molecular formula is C25H31BrN2O. The summed E-state index contributed by atoms with van der Waals surface area (Å²) in [6, 6.07) is 19.3. The van der Waals surface area contributed by atoms with Gasteiger partial charge in [0.1, 0.15) is 0 Å². The van der Waals surface area contributed by atoms with Crippen LogP contribution in [0.3, 0.4) is 0 Å². The number of carbonyl (C=O) groups is 1. The lowest BCUT2D eigenvalue weighted by Crippen LogP contribution is -2.45. The Labute approximate surface area is 183 Å². The Morgan fingerprint density at radius 3 is 2.14 bits per heavy atom. The normalized spacial score (nSPS) is 19.4. The highest BCUT2D eigenvalue weighted by Gasteiger charge is 2.30. The molecule has 2 fully saturated rings. The first-order chi connectivity index (χ1) is 14.2. The van der Waals surface area contributed by atoms with Crippen molar-refractivity contribution in [1.29, 1.82) is 0 Å². The number of piperidine rings is 2. The first-order valence-corrected chi connectivity index (χ1v) is 11.8. The van der Waals surface area contributed by atoms with Gasteiger partial charge in [-0.2, -0.15) is 0 Å². The summed E-state index contributed by atoms with van der Waals surface area (Å²) in [6.07, 6.45) is 5.43. The lowest BCUT2D eigenvalue weighted by molar-refractivity contribution is -0.138. The third kappa shape index (κ3) is 5.70. The fourth-order valence-corrected chi connectivity index (χ4v) is 5.01. The molecule has 2 aliphatic rings. The summed E-state index contributed by atoms with van der Waals surface area (Å²) in [7, 11) is 0. The van der Waals surface area contributed by atoms with Gasteiger partial charge in [-0.05, 0) is 74.4 Å². The summed E-state index contributed by atoms with van der Waals surface area (Å²) >= 11 is 3.50. The van der Waals surface area contributed by atoms with Crippen LogP contribution in [-0.2, 0) is 17.8 Å². The second-order valence-electron chi connectivity index (χ2n) is 8.64. The van der Waals surface area contributed by atoms with Gasteiger partial charge in [-0.15, -0.1) is 0 Å². The Morgan fingerprint density at radius 1 is 0.828 bits per heavy atom. The van der Waals surface area contributed by atoms with Crippen molar-refractivity contribution in [2.75, 3.05) is 26.2 Å². The molecule has 0 saturated carbocycles.